The zero-order chi connectivity index (χ0) is 73.7. The summed E-state index contributed by atoms with van der Waals surface area (Å²) >= 11 is 0. The fourth-order valence-corrected chi connectivity index (χ4v) is 16.4. The maximum absolute atomic E-state index is 5.66. The van der Waals surface area contributed by atoms with Crippen LogP contribution < -0.4 is 0 Å². The number of pyridine rings is 5. The van der Waals surface area contributed by atoms with Gasteiger partial charge in [-0.15, -0.1) is 0 Å². The van der Waals surface area contributed by atoms with Crippen LogP contribution in [0, 0.1) is 0 Å². The Morgan fingerprint density at radius 3 is 1.07 bits per heavy atom. The van der Waals surface area contributed by atoms with Crippen molar-refractivity contribution in [2.24, 2.45) is 0 Å². The van der Waals surface area contributed by atoms with Gasteiger partial charge in [-0.1, -0.05) is 206 Å². The summed E-state index contributed by atoms with van der Waals surface area (Å²) in [7, 11) is 0. The van der Waals surface area contributed by atoms with E-state index in [9.17, 15) is 0 Å². The minimum atomic E-state index is 0.416. The third kappa shape index (κ3) is 10.8. The summed E-state index contributed by atoms with van der Waals surface area (Å²) < 4.78 is 9.28. The zero-order valence-electron chi connectivity index (χ0n) is 59.9. The van der Waals surface area contributed by atoms with E-state index in [4.69, 9.17) is 44.9 Å². The molecule has 112 heavy (non-hydrogen) atoms. The van der Waals surface area contributed by atoms with Gasteiger partial charge in [0.25, 0.3) is 0 Å². The van der Waals surface area contributed by atoms with E-state index in [1.807, 2.05) is 73.2 Å². The molecule has 11 aromatic heterocycles. The van der Waals surface area contributed by atoms with Crippen LogP contribution in [0.25, 0.3) is 212 Å². The fraction of sp³-hybridized carbons (Fsp3) is 0. The van der Waals surface area contributed by atoms with Gasteiger partial charge in [0.05, 0.1) is 66.9 Å². The fourth-order valence-electron chi connectivity index (χ4n) is 16.4. The van der Waals surface area contributed by atoms with Crippen molar-refractivity contribution >= 4 is 87.2 Å². The molecule has 0 radical (unpaired) electrons. The van der Waals surface area contributed by atoms with Crippen molar-refractivity contribution in [1.82, 2.24) is 68.1 Å². The zero-order valence-corrected chi connectivity index (χ0v) is 59.9. The summed E-state index contributed by atoms with van der Waals surface area (Å²) in [6.45, 7) is 0. The molecule has 0 fully saturated rings. The molecule has 0 amide bonds. The molecule has 22 aromatic rings. The van der Waals surface area contributed by atoms with E-state index in [-0.39, 0.29) is 0 Å². The van der Waals surface area contributed by atoms with Crippen LogP contribution in [0.15, 0.2) is 365 Å². The highest BCUT2D eigenvalue weighted by Crippen LogP contribution is 2.43. The normalized spacial score (nSPS) is 11.8. The second kappa shape index (κ2) is 26.2. The Bertz CT molecular complexity index is 7100. The molecule has 11 heterocycles. The molecule has 0 saturated heterocycles. The van der Waals surface area contributed by atoms with Gasteiger partial charge in [0.15, 0.2) is 17.5 Å². The molecule has 0 aliphatic carbocycles. The van der Waals surface area contributed by atoms with Gasteiger partial charge in [-0.25, -0.2) is 34.9 Å². The number of para-hydroxylation sites is 7. The number of benzene rings is 11. The van der Waals surface area contributed by atoms with Crippen molar-refractivity contribution in [3.63, 3.8) is 0 Å². The SMILES string of the molecule is c1ccc(-c2ccc(-c3nc(-c4cc(-n5c6ccccc6c6ccccc65)cc(-n5c6ccccc6c6cc(-c7cc(-c8cc(-c9cc(-n%10c%11ccccc%11c%11ccccc%11%10)nc(-n%10c%11ccccc%11c%11ccccc%11%10)c9)nc(-c9ccncn9)c8)ccn7)ccc65)c4)nc(-c4ccc(-c5ccccc5)cn4)n3)nc2)cc1. The minimum Gasteiger partial charge on any atom is -0.309 e. The van der Waals surface area contributed by atoms with Crippen molar-refractivity contribution in [3.05, 3.63) is 365 Å². The molecule has 14 heteroatoms. The maximum Gasteiger partial charge on any atom is 0.182 e. The van der Waals surface area contributed by atoms with Crippen LogP contribution >= 0.6 is 0 Å². The predicted octanol–water partition coefficient (Wildman–Crippen LogP) is 23.0. The summed E-state index contributed by atoms with van der Waals surface area (Å²) in [5, 5.41) is 8.99. The van der Waals surface area contributed by atoms with Crippen molar-refractivity contribution in [2.75, 3.05) is 0 Å². The monoisotopic (exact) mass is 1430 g/mol. The Morgan fingerprint density at radius 2 is 0.607 bits per heavy atom. The Morgan fingerprint density at radius 1 is 0.188 bits per heavy atom. The summed E-state index contributed by atoms with van der Waals surface area (Å²) in [6.07, 6.45) is 9.01. The molecule has 0 spiro atoms. The maximum atomic E-state index is 5.66. The predicted molar refractivity (Wildman–Crippen MR) is 451 cm³/mol. The third-order valence-electron chi connectivity index (χ3n) is 21.5. The average Bonchev–Trinajstić information content (AvgIpc) is 1.58. The Hall–Kier alpha value is -15.5. The second-order valence-corrected chi connectivity index (χ2v) is 28.1. The highest BCUT2D eigenvalue weighted by atomic mass is 15.1. The number of rotatable bonds is 13. The van der Waals surface area contributed by atoms with Crippen LogP contribution in [0.3, 0.4) is 0 Å². The van der Waals surface area contributed by atoms with Crippen LogP contribution in [0.5, 0.6) is 0 Å². The molecule has 0 aliphatic rings. The van der Waals surface area contributed by atoms with E-state index >= 15 is 0 Å². The minimum absolute atomic E-state index is 0.416. The lowest BCUT2D eigenvalue weighted by Gasteiger charge is -2.16. The molecular weight excluding hydrogens is 1370 g/mol. The molecule has 0 unspecified atom stereocenters. The number of hydrogen-bond donors (Lipinski definition) is 0. The Labute approximate surface area is 640 Å². The van der Waals surface area contributed by atoms with Crippen LogP contribution in [0.2, 0.25) is 0 Å². The highest BCUT2D eigenvalue weighted by molar-refractivity contribution is 6.13. The lowest BCUT2D eigenvalue weighted by molar-refractivity contribution is 1.01. The lowest BCUT2D eigenvalue weighted by atomic mass is 9.99. The van der Waals surface area contributed by atoms with Gasteiger partial charge < -0.3 is 9.13 Å². The molecule has 0 N–H and O–H groups in total. The first-order valence-electron chi connectivity index (χ1n) is 37.2. The van der Waals surface area contributed by atoms with Gasteiger partial charge in [0, 0.05) is 107 Å². The molecule has 0 saturated carbocycles. The standard InChI is InChI=1S/C98H60N14/c1-3-21-61(22-4-1)65-39-42-81(101-58-65)97-106-96(107-98(108-97)82-43-40-66(59-102-82)62-23-5-2-6-24-62)69-49-70(109-86-32-14-7-25-72(86)73-26-8-15-33-87(73)109)57-71(50-69)110-88-34-16-13-31-78(88)79-51-64(41-44-93(79)110)83-52-63(45-48-100-83)67-53-84(104-85(54-67)80-46-47-99-60-103-80)68-55-94(111-89-35-17-9-27-74(89)75-28-10-18-36-90(75)111)105-95(56-68)112-91-37-19-11-29-76(91)77-30-12-20-38-92(77)112/h1-60H. The average molecular weight is 1430 g/mol. The molecule has 522 valence electrons. The van der Waals surface area contributed by atoms with E-state index in [2.05, 4.69) is 302 Å². The van der Waals surface area contributed by atoms with E-state index in [0.29, 0.717) is 40.2 Å². The quantitative estimate of drug-likeness (QED) is 0.109. The van der Waals surface area contributed by atoms with Gasteiger partial charge in [-0.3, -0.25) is 24.1 Å². The number of hydrogen-bond acceptors (Lipinski definition) is 10. The van der Waals surface area contributed by atoms with Crippen molar-refractivity contribution in [1.29, 1.82) is 0 Å². The highest BCUT2D eigenvalue weighted by Gasteiger charge is 2.25. The van der Waals surface area contributed by atoms with E-state index in [0.717, 1.165) is 172 Å². The van der Waals surface area contributed by atoms with Crippen LogP contribution in [0.1, 0.15) is 0 Å². The van der Waals surface area contributed by atoms with E-state index in [1.165, 1.54) is 0 Å². The number of fused-ring (bicyclic) bond motifs is 12. The molecule has 0 atom stereocenters. The first-order chi connectivity index (χ1) is 55.5. The summed E-state index contributed by atoms with van der Waals surface area (Å²) in [6, 6.07) is 117. The summed E-state index contributed by atoms with van der Waals surface area (Å²) in [5.74, 6) is 2.80. The third-order valence-corrected chi connectivity index (χ3v) is 21.5. The largest absolute Gasteiger partial charge is 0.309 e. The first-order valence-corrected chi connectivity index (χ1v) is 37.2. The Balaban J connectivity index is 0.705. The van der Waals surface area contributed by atoms with Gasteiger partial charge in [-0.05, 0) is 150 Å². The molecular formula is C98H60N14. The van der Waals surface area contributed by atoms with Gasteiger partial charge in [-0.2, -0.15) is 0 Å². The first kappa shape index (κ1) is 63.7. The van der Waals surface area contributed by atoms with Crippen LogP contribution in [0.4, 0.5) is 0 Å². The number of aromatic nitrogens is 14. The van der Waals surface area contributed by atoms with Crippen LogP contribution in [-0.2, 0) is 0 Å². The lowest BCUT2D eigenvalue weighted by Crippen LogP contribution is -2.05. The molecule has 0 bridgehead atoms. The van der Waals surface area contributed by atoms with E-state index in [1.54, 1.807) is 12.5 Å². The van der Waals surface area contributed by atoms with Crippen molar-refractivity contribution < 1.29 is 0 Å². The number of nitrogens with zero attached hydrogens (tertiary/aromatic N) is 14. The Kier molecular flexibility index (Phi) is 14.9. The van der Waals surface area contributed by atoms with Gasteiger partial charge in [0.1, 0.15) is 29.4 Å². The molecule has 0 aliphatic heterocycles. The van der Waals surface area contributed by atoms with Gasteiger partial charge in [0.2, 0.25) is 0 Å². The van der Waals surface area contributed by atoms with Gasteiger partial charge >= 0.3 is 0 Å². The van der Waals surface area contributed by atoms with Crippen molar-refractivity contribution in [2.45, 2.75) is 0 Å². The molecule has 22 rings (SSSR count). The summed E-state index contributed by atoms with van der Waals surface area (Å²) in [5.41, 5.74) is 22.8. The van der Waals surface area contributed by atoms with Crippen LogP contribution in [-0.4, -0.2) is 68.1 Å². The van der Waals surface area contributed by atoms with E-state index < -0.39 is 0 Å². The van der Waals surface area contributed by atoms with Crippen molar-refractivity contribution in [3.8, 4) is 125 Å². The summed E-state index contributed by atoms with van der Waals surface area (Å²) in [4.78, 5) is 51.5. The molecule has 14 nitrogen and oxygen atoms in total. The topological polar surface area (TPSA) is 149 Å². The smallest absolute Gasteiger partial charge is 0.182 e. The molecule has 11 aromatic carbocycles. The second-order valence-electron chi connectivity index (χ2n) is 28.1.